The van der Waals surface area contributed by atoms with E-state index in [0.717, 1.165) is 42.0 Å². The molecule has 2 aromatic rings. The van der Waals surface area contributed by atoms with Crippen LogP contribution in [0.2, 0.25) is 0 Å². The maximum absolute atomic E-state index is 5.80. The Kier molecular flexibility index (Phi) is 7.80. The van der Waals surface area contributed by atoms with Crippen LogP contribution in [-0.2, 0) is 11.2 Å². The molecule has 0 radical (unpaired) electrons. The summed E-state index contributed by atoms with van der Waals surface area (Å²) in [4.78, 5) is 9.09. The number of anilines is 1. The zero-order valence-corrected chi connectivity index (χ0v) is 18.6. The van der Waals surface area contributed by atoms with Gasteiger partial charge in [0, 0.05) is 17.4 Å². The number of para-hydroxylation sites is 1. The fourth-order valence-electron chi connectivity index (χ4n) is 3.53. The van der Waals surface area contributed by atoms with Crippen LogP contribution < -0.4 is 11.2 Å². The van der Waals surface area contributed by atoms with Crippen LogP contribution in [0.25, 0.3) is 0 Å². The second-order valence-electron chi connectivity index (χ2n) is 8.42. The Hall–Kier alpha value is -3.17. The minimum atomic E-state index is 0.144. The van der Waals surface area contributed by atoms with Gasteiger partial charge in [0.15, 0.2) is 0 Å². The number of hydrogen-bond acceptors (Lipinski definition) is 6. The van der Waals surface area contributed by atoms with Crippen molar-refractivity contribution in [1.82, 2.24) is 4.98 Å². The van der Waals surface area contributed by atoms with E-state index in [1.54, 1.807) is 12.4 Å². The Bertz CT molecular complexity index is 986. The number of aryl methyl sites for hydroxylation is 1. The molecule has 1 aromatic carbocycles. The lowest BCUT2D eigenvalue weighted by atomic mass is 9.91. The first-order valence-electron chi connectivity index (χ1n) is 10.7. The fraction of sp³-hybridized carbons (Fsp3) is 0.400. The third kappa shape index (κ3) is 6.66. The first kappa shape index (κ1) is 22.5. The molecule has 1 aliphatic rings. The second kappa shape index (κ2) is 10.7. The van der Waals surface area contributed by atoms with Crippen LogP contribution in [0.4, 0.5) is 5.69 Å². The first-order valence-corrected chi connectivity index (χ1v) is 10.7. The molecule has 0 aliphatic carbocycles. The van der Waals surface area contributed by atoms with Crippen molar-refractivity contribution in [2.45, 2.75) is 39.7 Å². The van der Waals surface area contributed by atoms with Crippen LogP contribution in [0.1, 0.15) is 44.0 Å². The maximum Gasteiger partial charge on any atom is 0.126 e. The number of hydrazone groups is 1. The first-order chi connectivity index (χ1) is 15.0. The van der Waals surface area contributed by atoms with Gasteiger partial charge in [-0.1, -0.05) is 50.8 Å². The van der Waals surface area contributed by atoms with E-state index < -0.39 is 0 Å². The van der Waals surface area contributed by atoms with Crippen molar-refractivity contribution in [3.63, 3.8) is 0 Å². The average Bonchev–Trinajstić information content (AvgIpc) is 3.13. The Morgan fingerprint density at radius 1 is 1.35 bits per heavy atom. The normalized spacial score (nSPS) is 18.0. The van der Waals surface area contributed by atoms with Gasteiger partial charge in [-0.05, 0) is 42.0 Å². The molecule has 1 fully saturated rings. The van der Waals surface area contributed by atoms with E-state index >= 15 is 0 Å². The summed E-state index contributed by atoms with van der Waals surface area (Å²) in [5, 5.41) is 7.19. The molecule has 162 valence electrons. The minimum absolute atomic E-state index is 0.144. The van der Waals surface area contributed by atoms with E-state index in [2.05, 4.69) is 53.0 Å². The van der Waals surface area contributed by atoms with E-state index in [0.29, 0.717) is 18.8 Å². The van der Waals surface area contributed by atoms with Gasteiger partial charge in [-0.15, -0.1) is 0 Å². The van der Waals surface area contributed by atoms with Gasteiger partial charge in [0.1, 0.15) is 5.71 Å². The fourth-order valence-corrected chi connectivity index (χ4v) is 3.53. The Morgan fingerprint density at radius 3 is 2.84 bits per heavy atom. The highest BCUT2D eigenvalue weighted by atomic mass is 16.5. The van der Waals surface area contributed by atoms with E-state index in [9.17, 15) is 0 Å². The Labute approximate surface area is 185 Å². The van der Waals surface area contributed by atoms with E-state index in [1.807, 2.05) is 36.4 Å². The predicted molar refractivity (Wildman–Crippen MR) is 128 cm³/mol. The van der Waals surface area contributed by atoms with Gasteiger partial charge in [0.25, 0.3) is 0 Å². The summed E-state index contributed by atoms with van der Waals surface area (Å²) in [5.41, 5.74) is 4.49. The number of ether oxygens (including phenoxy) is 1. The van der Waals surface area contributed by atoms with Gasteiger partial charge in [-0.2, -0.15) is 5.10 Å². The summed E-state index contributed by atoms with van der Waals surface area (Å²) in [6, 6.07) is 12.0. The minimum Gasteiger partial charge on any atom is -0.376 e. The van der Waals surface area contributed by atoms with Crippen molar-refractivity contribution >= 4 is 17.6 Å². The molecule has 0 saturated carbocycles. The van der Waals surface area contributed by atoms with Gasteiger partial charge in [0.2, 0.25) is 0 Å². The molecular formula is C25H31N5O. The number of nitrogens with zero attached hydrogens (tertiary/aromatic N) is 3. The monoisotopic (exact) mass is 417 g/mol. The van der Waals surface area contributed by atoms with E-state index in [4.69, 9.17) is 10.6 Å². The van der Waals surface area contributed by atoms with Crippen molar-refractivity contribution in [2.24, 2.45) is 21.4 Å². The number of nitrogens with two attached hydrogens (primary N) is 1. The summed E-state index contributed by atoms with van der Waals surface area (Å²) in [7, 11) is 0. The number of rotatable bonds is 7. The molecule has 2 heterocycles. The number of nitrogens with one attached hydrogen (secondary N) is 1. The van der Waals surface area contributed by atoms with Crippen molar-refractivity contribution < 1.29 is 4.74 Å². The average molecular weight is 418 g/mol. The third-order valence-electron chi connectivity index (χ3n) is 5.13. The van der Waals surface area contributed by atoms with Crippen LogP contribution in [0.5, 0.6) is 0 Å². The van der Waals surface area contributed by atoms with Gasteiger partial charge in [-0.25, -0.2) is 0 Å². The van der Waals surface area contributed by atoms with Gasteiger partial charge in [-0.3, -0.25) is 9.98 Å². The molecule has 31 heavy (non-hydrogen) atoms. The largest absolute Gasteiger partial charge is 0.376 e. The number of aromatic nitrogens is 1. The Morgan fingerprint density at radius 2 is 2.16 bits per heavy atom. The topological polar surface area (TPSA) is 84.9 Å². The highest BCUT2D eigenvalue weighted by Gasteiger charge is 2.31. The molecule has 6 nitrogen and oxygen atoms in total. The molecule has 0 spiro atoms. The van der Waals surface area contributed by atoms with Crippen LogP contribution in [0, 0.1) is 17.3 Å². The van der Waals surface area contributed by atoms with Crippen LogP contribution in [0.15, 0.2) is 52.7 Å². The second-order valence-corrected chi connectivity index (χ2v) is 8.42. The molecule has 3 rings (SSSR count). The molecule has 1 aromatic heterocycles. The lowest BCUT2D eigenvalue weighted by Gasteiger charge is -2.12. The summed E-state index contributed by atoms with van der Waals surface area (Å²) in [6.07, 6.45) is 5.40. The zero-order chi connectivity index (χ0) is 22.1. The van der Waals surface area contributed by atoms with Crippen LogP contribution >= 0.6 is 0 Å². The maximum atomic E-state index is 5.80. The smallest absolute Gasteiger partial charge is 0.126 e. The van der Waals surface area contributed by atoms with E-state index in [1.165, 1.54) is 0 Å². The molecule has 1 atom stereocenters. The molecular weight excluding hydrogens is 386 g/mol. The highest BCUT2D eigenvalue weighted by molar-refractivity contribution is 6.37. The molecule has 6 heteroatoms. The van der Waals surface area contributed by atoms with Gasteiger partial charge >= 0.3 is 0 Å². The molecule has 1 saturated heterocycles. The summed E-state index contributed by atoms with van der Waals surface area (Å²) < 4.78 is 5.80. The summed E-state index contributed by atoms with van der Waals surface area (Å²) in [6.45, 7) is 8.44. The molecule has 0 bridgehead atoms. The van der Waals surface area contributed by atoms with Crippen molar-refractivity contribution in [3.05, 3.63) is 59.4 Å². The lowest BCUT2D eigenvalue weighted by molar-refractivity contribution is 0.105. The number of benzene rings is 1. The summed E-state index contributed by atoms with van der Waals surface area (Å²) in [5.74, 6) is 12.0. The number of aliphatic imine (C=N–C) groups is 1. The van der Waals surface area contributed by atoms with Gasteiger partial charge < -0.3 is 15.9 Å². The molecule has 3 N–H and O–H groups in total. The van der Waals surface area contributed by atoms with Crippen LogP contribution in [-0.4, -0.2) is 42.7 Å². The summed E-state index contributed by atoms with van der Waals surface area (Å²) >= 11 is 0. The predicted octanol–water partition coefficient (Wildman–Crippen LogP) is 3.66. The van der Waals surface area contributed by atoms with Crippen molar-refractivity contribution in [2.75, 3.05) is 25.0 Å². The van der Waals surface area contributed by atoms with E-state index in [-0.39, 0.29) is 11.5 Å². The molecule has 1 aliphatic heterocycles. The van der Waals surface area contributed by atoms with Gasteiger partial charge in [0.05, 0.1) is 37.7 Å². The third-order valence-corrected chi connectivity index (χ3v) is 5.13. The Balaban J connectivity index is 1.63. The van der Waals surface area contributed by atoms with Crippen LogP contribution in [0.3, 0.4) is 0 Å². The quantitative estimate of drug-likeness (QED) is 0.312. The molecule has 0 amide bonds. The lowest BCUT2D eigenvalue weighted by Crippen LogP contribution is -2.15. The SMILES string of the molecule is CCc1cc(C#CCNc2ccccc2)cnc1/C(C=NCC1CC(C)(C)CO1)=N/N. The zero-order valence-electron chi connectivity index (χ0n) is 18.6. The van der Waals surface area contributed by atoms with Crippen molar-refractivity contribution in [3.8, 4) is 11.8 Å². The highest BCUT2D eigenvalue weighted by Crippen LogP contribution is 2.31. The standard InChI is InChI=1S/C25H31N5O/c1-4-20-13-19(9-8-12-28-21-10-6-5-7-11-21)15-29-24(20)23(30-26)17-27-16-22-14-25(2,3)18-31-22/h5-7,10-11,13,15,17,22,28H,4,12,14,16,18,26H2,1-3H3/b27-17?,30-23+. The number of hydrogen-bond donors (Lipinski definition) is 2. The van der Waals surface area contributed by atoms with Crippen molar-refractivity contribution in [1.29, 1.82) is 0 Å². The molecule has 1 unspecified atom stereocenters. The number of pyridine rings is 1.